The van der Waals surface area contributed by atoms with Crippen molar-refractivity contribution in [2.24, 2.45) is 0 Å². The summed E-state index contributed by atoms with van der Waals surface area (Å²) in [5.41, 5.74) is 2.16. The van der Waals surface area contributed by atoms with Gasteiger partial charge in [-0.25, -0.2) is 4.79 Å². The SMILES string of the molecule is O=C(NCC#CCOc1ccc2cccnc2c1)NCCCc1ccccc1. The zero-order chi connectivity index (χ0) is 19.4. The molecule has 0 fully saturated rings. The molecule has 0 unspecified atom stereocenters. The number of aryl methyl sites for hydroxylation is 1. The standard InChI is InChI=1S/C23H23N3O2/c27-23(26-16-6-10-19-8-2-1-3-9-19)25-14-4-5-17-28-21-13-12-20-11-7-15-24-22(20)18-21/h1-3,7-9,11-13,15,18H,6,10,14,16-17H2,(H2,25,26,27). The lowest BCUT2D eigenvalue weighted by Gasteiger charge is -2.05. The van der Waals surface area contributed by atoms with E-state index in [4.69, 9.17) is 4.74 Å². The van der Waals surface area contributed by atoms with Gasteiger partial charge in [-0.05, 0) is 36.6 Å². The number of hydrogen-bond acceptors (Lipinski definition) is 3. The molecule has 3 aromatic rings. The van der Waals surface area contributed by atoms with Crippen LogP contribution in [0.15, 0.2) is 66.9 Å². The Morgan fingerprint density at radius 1 is 1.00 bits per heavy atom. The van der Waals surface area contributed by atoms with Gasteiger partial charge in [0, 0.05) is 24.2 Å². The first kappa shape index (κ1) is 19.2. The van der Waals surface area contributed by atoms with Crippen LogP contribution >= 0.6 is 0 Å². The summed E-state index contributed by atoms with van der Waals surface area (Å²) in [5.74, 6) is 6.49. The van der Waals surface area contributed by atoms with Crippen molar-refractivity contribution in [3.63, 3.8) is 0 Å². The van der Waals surface area contributed by atoms with Crippen LogP contribution in [0.25, 0.3) is 10.9 Å². The number of rotatable bonds is 7. The minimum atomic E-state index is -0.205. The van der Waals surface area contributed by atoms with Crippen molar-refractivity contribution in [3.8, 4) is 17.6 Å². The number of nitrogens with zero attached hydrogens (tertiary/aromatic N) is 1. The third-order valence-corrected chi connectivity index (χ3v) is 4.12. The second-order valence-electron chi connectivity index (χ2n) is 6.20. The quantitative estimate of drug-likeness (QED) is 0.492. The van der Waals surface area contributed by atoms with Crippen LogP contribution in [0.3, 0.4) is 0 Å². The van der Waals surface area contributed by atoms with Crippen LogP contribution in [-0.4, -0.2) is 30.7 Å². The van der Waals surface area contributed by atoms with E-state index in [0.29, 0.717) is 6.54 Å². The normalized spacial score (nSPS) is 10.0. The monoisotopic (exact) mass is 373 g/mol. The lowest BCUT2D eigenvalue weighted by Crippen LogP contribution is -2.36. The van der Waals surface area contributed by atoms with E-state index in [-0.39, 0.29) is 19.2 Å². The number of benzene rings is 2. The predicted molar refractivity (Wildman–Crippen MR) is 111 cm³/mol. The van der Waals surface area contributed by atoms with Crippen molar-refractivity contribution in [3.05, 3.63) is 72.4 Å². The minimum absolute atomic E-state index is 0.205. The molecule has 1 aromatic heterocycles. The maximum atomic E-state index is 11.7. The van der Waals surface area contributed by atoms with Crippen LogP contribution in [0.5, 0.6) is 5.75 Å². The number of carbonyl (C=O) groups excluding carboxylic acids is 1. The summed E-state index contributed by atoms with van der Waals surface area (Å²) in [6.45, 7) is 1.18. The van der Waals surface area contributed by atoms with Gasteiger partial charge < -0.3 is 15.4 Å². The number of hydrogen-bond donors (Lipinski definition) is 2. The summed E-state index contributed by atoms with van der Waals surface area (Å²) in [7, 11) is 0. The van der Waals surface area contributed by atoms with E-state index in [1.54, 1.807) is 6.20 Å². The van der Waals surface area contributed by atoms with E-state index in [2.05, 4.69) is 39.6 Å². The molecule has 5 heteroatoms. The molecule has 0 atom stereocenters. The highest BCUT2D eigenvalue weighted by molar-refractivity contribution is 5.79. The van der Waals surface area contributed by atoms with Crippen molar-refractivity contribution in [2.45, 2.75) is 12.8 Å². The molecule has 3 rings (SSSR count). The molecule has 1 heterocycles. The molecule has 0 saturated carbocycles. The number of ether oxygens (including phenoxy) is 1. The summed E-state index contributed by atoms with van der Waals surface area (Å²) in [4.78, 5) is 16.0. The van der Waals surface area contributed by atoms with E-state index in [0.717, 1.165) is 29.5 Å². The average molecular weight is 373 g/mol. The number of nitrogens with one attached hydrogen (secondary N) is 2. The summed E-state index contributed by atoms with van der Waals surface area (Å²) < 4.78 is 5.60. The Balaban J connectivity index is 1.28. The van der Waals surface area contributed by atoms with Gasteiger partial charge in [0.25, 0.3) is 0 Å². The molecule has 0 bridgehead atoms. The van der Waals surface area contributed by atoms with Crippen molar-refractivity contribution >= 4 is 16.9 Å². The number of amides is 2. The topological polar surface area (TPSA) is 63.2 Å². The van der Waals surface area contributed by atoms with E-state index in [9.17, 15) is 4.79 Å². The van der Waals surface area contributed by atoms with Gasteiger partial charge >= 0.3 is 6.03 Å². The summed E-state index contributed by atoms with van der Waals surface area (Å²) in [5, 5.41) is 6.61. The van der Waals surface area contributed by atoms with Gasteiger partial charge in [0.15, 0.2) is 0 Å². The maximum absolute atomic E-state index is 11.7. The van der Waals surface area contributed by atoms with Crippen molar-refractivity contribution in [1.29, 1.82) is 0 Å². The van der Waals surface area contributed by atoms with Crippen LogP contribution in [-0.2, 0) is 6.42 Å². The molecule has 142 valence electrons. The Bertz CT molecular complexity index is 961. The van der Waals surface area contributed by atoms with Gasteiger partial charge in [-0.15, -0.1) is 0 Å². The van der Waals surface area contributed by atoms with Crippen LogP contribution in [0.4, 0.5) is 4.79 Å². The van der Waals surface area contributed by atoms with Gasteiger partial charge in [0.2, 0.25) is 0 Å². The second kappa shape index (κ2) is 10.6. The molecule has 0 aliphatic rings. The largest absolute Gasteiger partial charge is 0.481 e. The van der Waals surface area contributed by atoms with Crippen LogP contribution < -0.4 is 15.4 Å². The smallest absolute Gasteiger partial charge is 0.315 e. The summed E-state index contributed by atoms with van der Waals surface area (Å²) in [6, 6.07) is 19.7. The number of carbonyl (C=O) groups is 1. The number of fused-ring (bicyclic) bond motifs is 1. The lowest BCUT2D eigenvalue weighted by atomic mass is 10.1. The highest BCUT2D eigenvalue weighted by Gasteiger charge is 1.98. The number of pyridine rings is 1. The third kappa shape index (κ3) is 6.33. The third-order valence-electron chi connectivity index (χ3n) is 4.12. The Morgan fingerprint density at radius 2 is 1.89 bits per heavy atom. The highest BCUT2D eigenvalue weighted by atomic mass is 16.5. The van der Waals surface area contributed by atoms with E-state index >= 15 is 0 Å². The fourth-order valence-electron chi connectivity index (χ4n) is 2.70. The molecule has 2 aromatic carbocycles. The lowest BCUT2D eigenvalue weighted by molar-refractivity contribution is 0.242. The van der Waals surface area contributed by atoms with Crippen molar-refractivity contribution < 1.29 is 9.53 Å². The minimum Gasteiger partial charge on any atom is -0.481 e. The van der Waals surface area contributed by atoms with E-state index in [1.807, 2.05) is 48.5 Å². The summed E-state index contributed by atoms with van der Waals surface area (Å²) >= 11 is 0. The van der Waals surface area contributed by atoms with Crippen LogP contribution in [0, 0.1) is 11.8 Å². The molecule has 0 aliphatic heterocycles. The first-order valence-corrected chi connectivity index (χ1v) is 9.30. The van der Waals surface area contributed by atoms with Gasteiger partial charge in [-0.2, -0.15) is 0 Å². The van der Waals surface area contributed by atoms with Crippen LogP contribution in [0.2, 0.25) is 0 Å². The molecule has 28 heavy (non-hydrogen) atoms. The molecule has 0 spiro atoms. The van der Waals surface area contributed by atoms with Crippen molar-refractivity contribution in [2.75, 3.05) is 19.7 Å². The Morgan fingerprint density at radius 3 is 2.79 bits per heavy atom. The Kier molecular flexibility index (Phi) is 7.28. The first-order valence-electron chi connectivity index (χ1n) is 9.30. The van der Waals surface area contributed by atoms with Crippen molar-refractivity contribution in [1.82, 2.24) is 15.6 Å². The number of urea groups is 1. The second-order valence-corrected chi connectivity index (χ2v) is 6.20. The number of aromatic nitrogens is 1. The first-order chi connectivity index (χ1) is 13.8. The predicted octanol–water partition coefficient (Wildman–Crippen LogP) is 3.55. The molecule has 2 N–H and O–H groups in total. The molecule has 5 nitrogen and oxygen atoms in total. The zero-order valence-corrected chi connectivity index (χ0v) is 15.7. The van der Waals surface area contributed by atoms with Gasteiger partial charge in [0.1, 0.15) is 12.4 Å². The van der Waals surface area contributed by atoms with Gasteiger partial charge in [-0.1, -0.05) is 48.2 Å². The van der Waals surface area contributed by atoms with E-state index in [1.165, 1.54) is 5.56 Å². The Hall–Kier alpha value is -3.52. The fraction of sp³-hybridized carbons (Fsp3) is 0.217. The maximum Gasteiger partial charge on any atom is 0.315 e. The summed E-state index contributed by atoms with van der Waals surface area (Å²) in [6.07, 6.45) is 3.60. The fourth-order valence-corrected chi connectivity index (χ4v) is 2.70. The molecule has 0 radical (unpaired) electrons. The Labute approximate surface area is 165 Å². The van der Waals surface area contributed by atoms with Gasteiger partial charge in [-0.3, -0.25) is 4.98 Å². The van der Waals surface area contributed by atoms with Crippen LogP contribution in [0.1, 0.15) is 12.0 Å². The molecular formula is C23H23N3O2. The van der Waals surface area contributed by atoms with E-state index < -0.39 is 0 Å². The molecule has 2 amide bonds. The zero-order valence-electron chi connectivity index (χ0n) is 15.7. The highest BCUT2D eigenvalue weighted by Crippen LogP contribution is 2.18. The van der Waals surface area contributed by atoms with Gasteiger partial charge in [0.05, 0.1) is 12.1 Å². The molecule has 0 aliphatic carbocycles. The molecule has 0 saturated heterocycles. The molecular weight excluding hydrogens is 350 g/mol. The average Bonchev–Trinajstić information content (AvgIpc) is 2.74.